The van der Waals surface area contributed by atoms with Crippen LogP contribution in [0.25, 0.3) is 17.4 Å². The Hall–Kier alpha value is -3.97. The highest BCUT2D eigenvalue weighted by Gasteiger charge is 2.33. The maximum Gasteiger partial charge on any atom is 0.338 e. The van der Waals surface area contributed by atoms with Crippen molar-refractivity contribution < 1.29 is 13.9 Å². The molecule has 0 fully saturated rings. The minimum Gasteiger partial charge on any atom is -0.466 e. The molecule has 0 spiro atoms. The van der Waals surface area contributed by atoms with Crippen LogP contribution in [0.1, 0.15) is 49.6 Å². The third-order valence-corrected chi connectivity index (χ3v) is 7.29. The summed E-state index contributed by atoms with van der Waals surface area (Å²) < 4.78 is 13.1. The highest BCUT2D eigenvalue weighted by Crippen LogP contribution is 2.31. The van der Waals surface area contributed by atoms with Gasteiger partial charge in [0.1, 0.15) is 11.5 Å². The molecule has 1 atom stereocenters. The maximum atomic E-state index is 13.7. The molecule has 0 aliphatic carbocycles. The number of nitrogens with zero attached hydrogens (tertiary/aromatic N) is 2. The number of rotatable bonds is 5. The van der Waals surface area contributed by atoms with E-state index < -0.39 is 12.0 Å². The second-order valence-electron chi connectivity index (χ2n) is 8.96. The maximum absolute atomic E-state index is 13.7. The highest BCUT2D eigenvalue weighted by molar-refractivity contribution is 7.07. The summed E-state index contributed by atoms with van der Waals surface area (Å²) in [5, 5.41) is 0. The molecular weight excluding hydrogens is 472 g/mol. The fourth-order valence-corrected chi connectivity index (χ4v) is 5.42. The number of methoxy groups -OCH3 is 1. The van der Waals surface area contributed by atoms with Crippen LogP contribution in [0.2, 0.25) is 0 Å². The van der Waals surface area contributed by atoms with Crippen LogP contribution in [-0.4, -0.2) is 17.6 Å². The van der Waals surface area contributed by atoms with E-state index in [1.54, 1.807) is 17.6 Å². The van der Waals surface area contributed by atoms with Gasteiger partial charge in [0.25, 0.3) is 5.56 Å². The number of benzene rings is 2. The van der Waals surface area contributed by atoms with Gasteiger partial charge in [0.05, 0.1) is 29.0 Å². The Kier molecular flexibility index (Phi) is 6.33. The van der Waals surface area contributed by atoms with E-state index in [0.717, 1.165) is 16.9 Å². The van der Waals surface area contributed by atoms with Gasteiger partial charge < -0.3 is 9.15 Å². The molecule has 2 aromatic carbocycles. The average molecular weight is 499 g/mol. The van der Waals surface area contributed by atoms with Gasteiger partial charge in [-0.25, -0.2) is 9.79 Å². The summed E-state index contributed by atoms with van der Waals surface area (Å²) in [5.41, 5.74) is 3.63. The topological polar surface area (TPSA) is 73.8 Å². The third kappa shape index (κ3) is 4.27. The van der Waals surface area contributed by atoms with Crippen LogP contribution in [0.3, 0.4) is 0 Å². The van der Waals surface area contributed by atoms with Gasteiger partial charge in [0.15, 0.2) is 4.80 Å². The Morgan fingerprint density at radius 1 is 1.08 bits per heavy atom. The second kappa shape index (κ2) is 9.59. The lowest BCUT2D eigenvalue weighted by atomic mass is 9.93. The molecule has 0 amide bonds. The van der Waals surface area contributed by atoms with Crippen LogP contribution < -0.4 is 14.9 Å². The van der Waals surface area contributed by atoms with E-state index in [9.17, 15) is 9.59 Å². The normalized spacial score (nSPS) is 15.7. The molecule has 36 heavy (non-hydrogen) atoms. The molecule has 1 aliphatic rings. The molecule has 0 radical (unpaired) electrons. The van der Waals surface area contributed by atoms with Crippen molar-refractivity contribution in [3.63, 3.8) is 0 Å². The third-order valence-electron chi connectivity index (χ3n) is 6.30. The molecule has 0 N–H and O–H groups in total. The second-order valence-corrected chi connectivity index (χ2v) is 9.97. The predicted molar refractivity (Wildman–Crippen MR) is 140 cm³/mol. The minimum atomic E-state index is -0.631. The van der Waals surface area contributed by atoms with Crippen LogP contribution in [0, 0.1) is 0 Å². The number of allylic oxidation sites excluding steroid dienone is 1. The SMILES string of the molecule is COC(=O)C1=C(C)N=c2s/c(=C\c3ccc(-c4ccccc4)o3)c(=O)n2[C@@H]1c1ccc(C(C)C)cc1. The lowest BCUT2D eigenvalue weighted by Gasteiger charge is -2.24. The molecule has 0 saturated carbocycles. The first-order valence-electron chi connectivity index (χ1n) is 11.7. The largest absolute Gasteiger partial charge is 0.466 e. The van der Waals surface area contributed by atoms with Gasteiger partial charge in [0, 0.05) is 11.6 Å². The van der Waals surface area contributed by atoms with Gasteiger partial charge in [0.2, 0.25) is 0 Å². The van der Waals surface area contributed by atoms with E-state index in [-0.39, 0.29) is 5.56 Å². The summed E-state index contributed by atoms with van der Waals surface area (Å²) in [6.45, 7) is 6.03. The number of thiazole rings is 1. The first-order valence-corrected chi connectivity index (χ1v) is 12.5. The monoisotopic (exact) mass is 498 g/mol. The van der Waals surface area contributed by atoms with Gasteiger partial charge in [-0.05, 0) is 36.1 Å². The van der Waals surface area contributed by atoms with Crippen molar-refractivity contribution in [1.29, 1.82) is 0 Å². The Bertz CT molecular complexity index is 1640. The summed E-state index contributed by atoms with van der Waals surface area (Å²) >= 11 is 1.28. The summed E-state index contributed by atoms with van der Waals surface area (Å²) in [7, 11) is 1.34. The molecule has 0 unspecified atom stereocenters. The van der Waals surface area contributed by atoms with E-state index in [0.29, 0.717) is 32.3 Å². The fraction of sp³-hybridized carbons (Fsp3) is 0.207. The molecule has 3 heterocycles. The molecule has 0 saturated heterocycles. The van der Waals surface area contributed by atoms with Gasteiger partial charge >= 0.3 is 5.97 Å². The van der Waals surface area contributed by atoms with E-state index in [4.69, 9.17) is 9.15 Å². The molecule has 4 aromatic rings. The van der Waals surface area contributed by atoms with Crippen LogP contribution in [-0.2, 0) is 9.53 Å². The predicted octanol–water partition coefficient (Wildman–Crippen LogP) is 4.79. The summed E-state index contributed by atoms with van der Waals surface area (Å²) in [6, 6.07) is 20.9. The van der Waals surface area contributed by atoms with Crippen molar-refractivity contribution in [3.8, 4) is 11.3 Å². The zero-order valence-corrected chi connectivity index (χ0v) is 21.3. The Balaban J connectivity index is 1.64. The lowest BCUT2D eigenvalue weighted by Crippen LogP contribution is -2.39. The van der Waals surface area contributed by atoms with E-state index in [1.165, 1.54) is 24.0 Å². The van der Waals surface area contributed by atoms with Crippen molar-refractivity contribution in [2.45, 2.75) is 32.7 Å². The van der Waals surface area contributed by atoms with Crippen molar-refractivity contribution in [2.24, 2.45) is 4.99 Å². The van der Waals surface area contributed by atoms with Crippen LogP contribution >= 0.6 is 11.3 Å². The lowest BCUT2D eigenvalue weighted by molar-refractivity contribution is -0.136. The number of furan rings is 1. The molecule has 1 aliphatic heterocycles. The number of carbonyl (C=O) groups is 1. The minimum absolute atomic E-state index is 0.233. The molecule has 5 rings (SSSR count). The van der Waals surface area contributed by atoms with Crippen LogP contribution in [0.4, 0.5) is 0 Å². The first-order chi connectivity index (χ1) is 17.4. The van der Waals surface area contributed by atoms with E-state index in [2.05, 4.69) is 18.8 Å². The molecule has 6 nitrogen and oxygen atoms in total. The van der Waals surface area contributed by atoms with Gasteiger partial charge in [-0.15, -0.1) is 0 Å². The molecule has 2 aromatic heterocycles. The van der Waals surface area contributed by atoms with Crippen LogP contribution in [0.5, 0.6) is 0 Å². The zero-order valence-electron chi connectivity index (χ0n) is 20.5. The Morgan fingerprint density at radius 3 is 2.47 bits per heavy atom. The van der Waals surface area contributed by atoms with Crippen molar-refractivity contribution in [3.05, 3.63) is 115 Å². The van der Waals surface area contributed by atoms with Gasteiger partial charge in [-0.1, -0.05) is 79.8 Å². The summed E-state index contributed by atoms with van der Waals surface area (Å²) in [5.74, 6) is 1.16. The number of hydrogen-bond acceptors (Lipinski definition) is 6. The van der Waals surface area contributed by atoms with Crippen LogP contribution in [0.15, 0.2) is 92.2 Å². The summed E-state index contributed by atoms with van der Waals surface area (Å²) in [6.07, 6.45) is 1.73. The molecular formula is C29H26N2O4S. The quantitative estimate of drug-likeness (QED) is 0.371. The average Bonchev–Trinajstić information content (AvgIpc) is 3.48. The van der Waals surface area contributed by atoms with Crippen molar-refractivity contribution in [2.75, 3.05) is 7.11 Å². The number of hydrogen-bond donors (Lipinski definition) is 0. The Morgan fingerprint density at radius 2 is 1.81 bits per heavy atom. The smallest absolute Gasteiger partial charge is 0.338 e. The number of carbonyl (C=O) groups excluding carboxylic acids is 1. The fourth-order valence-electron chi connectivity index (χ4n) is 4.39. The first kappa shape index (κ1) is 23.8. The van der Waals surface area contributed by atoms with Gasteiger partial charge in [-0.3, -0.25) is 9.36 Å². The standard InChI is InChI=1S/C29H26N2O4S/c1-17(2)19-10-12-21(13-11-19)26-25(28(33)34-4)18(3)30-29-31(26)27(32)24(36-29)16-22-14-15-23(35-22)20-8-6-5-7-9-20/h5-17,26H,1-4H3/b24-16-/t26-/m1/s1. The number of fused-ring (bicyclic) bond motifs is 1. The Labute approximate surface area is 212 Å². The van der Waals surface area contributed by atoms with E-state index in [1.807, 2.05) is 66.7 Å². The number of esters is 1. The molecule has 182 valence electrons. The highest BCUT2D eigenvalue weighted by atomic mass is 32.1. The van der Waals surface area contributed by atoms with Crippen molar-refractivity contribution in [1.82, 2.24) is 4.57 Å². The summed E-state index contributed by atoms with van der Waals surface area (Å²) in [4.78, 5) is 31.6. The number of aromatic nitrogens is 1. The van der Waals surface area contributed by atoms with E-state index >= 15 is 0 Å². The molecule has 7 heteroatoms. The number of ether oxygens (including phenoxy) is 1. The van der Waals surface area contributed by atoms with Gasteiger partial charge in [-0.2, -0.15) is 0 Å². The zero-order chi connectivity index (χ0) is 25.4. The molecule has 0 bridgehead atoms. The van der Waals surface area contributed by atoms with Crippen molar-refractivity contribution >= 4 is 23.4 Å².